The van der Waals surface area contributed by atoms with Crippen LogP contribution in [0.3, 0.4) is 0 Å². The predicted octanol–water partition coefficient (Wildman–Crippen LogP) is 2.38. The third kappa shape index (κ3) is 1.72. The van der Waals surface area contributed by atoms with E-state index in [2.05, 4.69) is 0 Å². The molecule has 1 aromatic carbocycles. The lowest BCUT2D eigenvalue weighted by atomic mass is 10.2. The van der Waals surface area contributed by atoms with E-state index < -0.39 is 26.8 Å². The normalized spacial score (nSPS) is 21.3. The van der Waals surface area contributed by atoms with Crippen molar-refractivity contribution in [2.75, 3.05) is 0 Å². The van der Waals surface area contributed by atoms with Gasteiger partial charge in [0.1, 0.15) is 0 Å². The summed E-state index contributed by atoms with van der Waals surface area (Å²) >= 11 is 0.856. The molecule has 0 fully saturated rings. The van der Waals surface area contributed by atoms with Gasteiger partial charge in [0.25, 0.3) is 0 Å². The van der Waals surface area contributed by atoms with Crippen LogP contribution in [0.4, 0.5) is 13.2 Å². The zero-order valence-corrected chi connectivity index (χ0v) is 11.8. The maximum absolute atomic E-state index is 12.9. The first-order chi connectivity index (χ1) is 9.12. The first kappa shape index (κ1) is 13.6. The van der Waals surface area contributed by atoms with E-state index in [0.717, 1.165) is 17.4 Å². The highest BCUT2D eigenvalue weighted by molar-refractivity contribution is 7.92. The van der Waals surface area contributed by atoms with E-state index in [0.29, 0.717) is 6.07 Å². The van der Waals surface area contributed by atoms with Gasteiger partial charge in [-0.25, -0.2) is 8.42 Å². The third-order valence-corrected chi connectivity index (χ3v) is 6.44. The van der Waals surface area contributed by atoms with E-state index in [-0.39, 0.29) is 26.5 Å². The Labute approximate surface area is 115 Å². The molecular weight excluding hydrogens is 313 g/mol. The monoisotopic (exact) mass is 322 g/mol. The van der Waals surface area contributed by atoms with Crippen LogP contribution in [0.2, 0.25) is 0 Å². The summed E-state index contributed by atoms with van der Waals surface area (Å²) in [6.45, 7) is 1.54. The van der Waals surface area contributed by atoms with Crippen molar-refractivity contribution in [3.63, 3.8) is 0 Å². The number of hydrogen-bond donors (Lipinski definition) is 1. The van der Waals surface area contributed by atoms with Crippen molar-refractivity contribution >= 4 is 31.4 Å². The molecule has 0 radical (unpaired) electrons. The van der Waals surface area contributed by atoms with Crippen LogP contribution >= 0.6 is 11.3 Å². The summed E-state index contributed by atoms with van der Waals surface area (Å²) in [6.07, 6.45) is -4.61. The lowest BCUT2D eigenvalue weighted by Crippen LogP contribution is -2.32. The molecule has 0 spiro atoms. The van der Waals surface area contributed by atoms with Crippen LogP contribution in [0.5, 0.6) is 0 Å². The van der Waals surface area contributed by atoms with E-state index in [4.69, 9.17) is 5.41 Å². The van der Waals surface area contributed by atoms with Gasteiger partial charge in [0, 0.05) is 6.54 Å². The molecule has 0 saturated heterocycles. The number of alkyl halides is 3. The SMILES string of the molecule is CC1Cn2c(=N)sc3cc(C(F)(F)F)cc(c32)S1(=O)=O. The minimum atomic E-state index is -4.61. The number of sulfone groups is 1. The van der Waals surface area contributed by atoms with Gasteiger partial charge >= 0.3 is 6.18 Å². The van der Waals surface area contributed by atoms with Gasteiger partial charge in [0.15, 0.2) is 14.6 Å². The second-order valence-electron chi connectivity index (χ2n) is 4.69. The highest BCUT2D eigenvalue weighted by atomic mass is 32.2. The number of halogens is 3. The summed E-state index contributed by atoms with van der Waals surface area (Å²) in [5.74, 6) is 0. The summed E-state index contributed by atoms with van der Waals surface area (Å²) in [7, 11) is -3.79. The third-order valence-electron chi connectivity index (χ3n) is 3.36. The van der Waals surface area contributed by atoms with Gasteiger partial charge in [-0.15, -0.1) is 0 Å². The molecule has 2 aromatic rings. The van der Waals surface area contributed by atoms with Gasteiger partial charge in [-0.2, -0.15) is 13.2 Å². The van der Waals surface area contributed by atoms with Crippen LogP contribution in [0.15, 0.2) is 17.0 Å². The fraction of sp³-hybridized carbons (Fsp3) is 0.364. The maximum Gasteiger partial charge on any atom is 0.416 e. The van der Waals surface area contributed by atoms with Crippen LogP contribution < -0.4 is 4.80 Å². The molecule has 1 unspecified atom stereocenters. The summed E-state index contributed by atoms with van der Waals surface area (Å²) in [6, 6.07) is 1.58. The maximum atomic E-state index is 12.9. The van der Waals surface area contributed by atoms with Crippen molar-refractivity contribution in [3.05, 3.63) is 22.5 Å². The standard InChI is InChI=1S/C11H9F3N2O2S2/c1-5-4-16-9-7(19-10(16)15)2-6(11(12,13)14)3-8(9)20(5,17)18/h2-3,5,15H,4H2,1H3. The number of benzene rings is 1. The van der Waals surface area contributed by atoms with Crippen molar-refractivity contribution in [1.29, 1.82) is 5.41 Å². The second kappa shape index (κ2) is 3.85. The minimum Gasteiger partial charge on any atom is -0.314 e. The number of nitrogens with one attached hydrogen (secondary N) is 1. The van der Waals surface area contributed by atoms with Gasteiger partial charge in [-0.05, 0) is 19.1 Å². The molecule has 108 valence electrons. The van der Waals surface area contributed by atoms with Crippen LogP contribution in [0.1, 0.15) is 12.5 Å². The molecule has 0 amide bonds. The van der Waals surface area contributed by atoms with Crippen LogP contribution in [-0.4, -0.2) is 18.2 Å². The molecule has 0 saturated carbocycles. The zero-order valence-electron chi connectivity index (χ0n) is 10.2. The van der Waals surface area contributed by atoms with Gasteiger partial charge < -0.3 is 4.57 Å². The molecule has 1 N–H and O–H groups in total. The molecule has 1 aromatic heterocycles. The number of rotatable bonds is 0. The molecule has 1 aliphatic heterocycles. The Kier molecular flexibility index (Phi) is 2.62. The average molecular weight is 322 g/mol. The Morgan fingerprint density at radius 3 is 2.65 bits per heavy atom. The fourth-order valence-electron chi connectivity index (χ4n) is 2.31. The molecule has 4 nitrogen and oxygen atoms in total. The smallest absolute Gasteiger partial charge is 0.314 e. The van der Waals surface area contributed by atoms with Gasteiger partial charge in [-0.1, -0.05) is 11.3 Å². The molecule has 20 heavy (non-hydrogen) atoms. The molecule has 1 atom stereocenters. The van der Waals surface area contributed by atoms with E-state index in [1.54, 1.807) is 0 Å². The topological polar surface area (TPSA) is 62.9 Å². The minimum absolute atomic E-state index is 0.0577. The second-order valence-corrected chi connectivity index (χ2v) is 8.06. The lowest BCUT2D eigenvalue weighted by Gasteiger charge is -2.22. The number of aromatic nitrogens is 1. The van der Waals surface area contributed by atoms with Gasteiger partial charge in [0.05, 0.1) is 25.9 Å². The van der Waals surface area contributed by atoms with E-state index in [1.165, 1.54) is 11.5 Å². The van der Waals surface area contributed by atoms with E-state index >= 15 is 0 Å². The number of hydrogen-bond acceptors (Lipinski definition) is 4. The van der Waals surface area contributed by atoms with Gasteiger partial charge in [0.2, 0.25) is 0 Å². The molecule has 0 bridgehead atoms. The Balaban J connectivity index is 2.51. The predicted molar refractivity (Wildman–Crippen MR) is 67.3 cm³/mol. The average Bonchev–Trinajstić information content (AvgIpc) is 2.62. The molecular formula is C11H9F3N2O2S2. The van der Waals surface area contributed by atoms with Crippen LogP contribution in [0.25, 0.3) is 10.2 Å². The van der Waals surface area contributed by atoms with Crippen LogP contribution in [-0.2, 0) is 22.6 Å². The molecule has 1 aliphatic rings. The Bertz CT molecular complexity index is 877. The first-order valence-corrected chi connectivity index (χ1v) is 8.01. The van der Waals surface area contributed by atoms with Crippen molar-refractivity contribution < 1.29 is 21.6 Å². The molecule has 2 heterocycles. The van der Waals surface area contributed by atoms with Crippen molar-refractivity contribution in [2.24, 2.45) is 0 Å². The highest BCUT2D eigenvalue weighted by Gasteiger charge is 2.38. The zero-order chi connectivity index (χ0) is 14.9. The van der Waals surface area contributed by atoms with E-state index in [9.17, 15) is 21.6 Å². The fourth-order valence-corrected chi connectivity index (χ4v) is 4.92. The van der Waals surface area contributed by atoms with Crippen molar-refractivity contribution in [1.82, 2.24) is 4.57 Å². The van der Waals surface area contributed by atoms with Gasteiger partial charge in [-0.3, -0.25) is 5.41 Å². The number of thiazole rings is 1. The van der Waals surface area contributed by atoms with E-state index in [1.807, 2.05) is 0 Å². The Hall–Kier alpha value is -1.35. The summed E-state index contributed by atoms with van der Waals surface area (Å²) in [5.41, 5.74) is -0.780. The molecule has 0 aliphatic carbocycles. The Morgan fingerprint density at radius 2 is 2.05 bits per heavy atom. The highest BCUT2D eigenvalue weighted by Crippen LogP contribution is 2.38. The number of nitrogens with zero attached hydrogens (tertiary/aromatic N) is 1. The molecule has 9 heteroatoms. The first-order valence-electron chi connectivity index (χ1n) is 5.65. The Morgan fingerprint density at radius 1 is 1.40 bits per heavy atom. The summed E-state index contributed by atoms with van der Waals surface area (Å²) in [4.78, 5) is -0.266. The summed E-state index contributed by atoms with van der Waals surface area (Å²) < 4.78 is 64.7. The lowest BCUT2D eigenvalue weighted by molar-refractivity contribution is -0.137. The summed E-state index contributed by atoms with van der Waals surface area (Å²) in [5, 5.41) is 6.94. The van der Waals surface area contributed by atoms with Crippen LogP contribution in [0, 0.1) is 5.41 Å². The molecule has 3 rings (SSSR count). The largest absolute Gasteiger partial charge is 0.416 e. The van der Waals surface area contributed by atoms with Crippen molar-refractivity contribution in [3.8, 4) is 0 Å². The quantitative estimate of drug-likeness (QED) is 0.809. The van der Waals surface area contributed by atoms with Crippen molar-refractivity contribution in [2.45, 2.75) is 29.8 Å².